The Labute approximate surface area is 69.6 Å². The van der Waals surface area contributed by atoms with Crippen molar-refractivity contribution in [2.75, 3.05) is 26.3 Å². The molecule has 1 heterocycles. The minimum atomic E-state index is 0.889. The molecular formula is C9H19NO. The van der Waals surface area contributed by atoms with E-state index in [2.05, 4.69) is 24.4 Å². The van der Waals surface area contributed by atoms with Crippen molar-refractivity contribution in [3.8, 4) is 0 Å². The molecule has 11 heavy (non-hydrogen) atoms. The van der Waals surface area contributed by atoms with Gasteiger partial charge in [-0.2, -0.15) is 0 Å². The molecule has 1 fully saturated rings. The van der Waals surface area contributed by atoms with Gasteiger partial charge in [0.1, 0.15) is 0 Å². The molecule has 0 aromatic carbocycles. The number of rotatable bonds is 1. The third-order valence-electron chi connectivity index (χ3n) is 1.32. The Kier molecular flexibility index (Phi) is 9.36. The van der Waals surface area contributed by atoms with E-state index in [0.717, 1.165) is 32.7 Å². The first-order valence-electron chi connectivity index (χ1n) is 4.31. The van der Waals surface area contributed by atoms with E-state index in [4.69, 9.17) is 4.74 Å². The molecule has 0 amide bonds. The molecule has 0 spiro atoms. The molecule has 66 valence electrons. The van der Waals surface area contributed by atoms with Crippen LogP contribution in [0.5, 0.6) is 0 Å². The summed E-state index contributed by atoms with van der Waals surface area (Å²) in [6, 6.07) is 0. The fourth-order valence-corrected chi connectivity index (χ4v) is 0.751. The number of ether oxygens (including phenoxy) is 1. The van der Waals surface area contributed by atoms with Crippen molar-refractivity contribution >= 4 is 0 Å². The fourth-order valence-electron chi connectivity index (χ4n) is 0.751. The smallest absolute Gasteiger partial charge is 0.0591 e. The van der Waals surface area contributed by atoms with Gasteiger partial charge < -0.3 is 10.1 Å². The topological polar surface area (TPSA) is 21.3 Å². The summed E-state index contributed by atoms with van der Waals surface area (Å²) in [4.78, 5) is 0. The molecule has 1 rings (SSSR count). The first kappa shape index (κ1) is 10.7. The van der Waals surface area contributed by atoms with Gasteiger partial charge >= 0.3 is 0 Å². The van der Waals surface area contributed by atoms with Crippen LogP contribution in [0, 0.1) is 0 Å². The van der Waals surface area contributed by atoms with Crippen LogP contribution in [-0.4, -0.2) is 26.3 Å². The second kappa shape index (κ2) is 9.66. The quantitative estimate of drug-likeness (QED) is 0.583. The lowest BCUT2D eigenvalue weighted by Gasteiger charge is -2.10. The minimum Gasteiger partial charge on any atom is -0.379 e. The van der Waals surface area contributed by atoms with E-state index in [-0.39, 0.29) is 0 Å². The van der Waals surface area contributed by atoms with Crippen molar-refractivity contribution in [3.63, 3.8) is 0 Å². The van der Waals surface area contributed by atoms with E-state index in [1.807, 2.05) is 6.92 Å². The third-order valence-corrected chi connectivity index (χ3v) is 1.32. The van der Waals surface area contributed by atoms with Gasteiger partial charge in [0.25, 0.3) is 0 Å². The highest BCUT2D eigenvalue weighted by Crippen LogP contribution is 1.76. The Hall–Kier alpha value is -0.340. The van der Waals surface area contributed by atoms with Gasteiger partial charge in [-0.25, -0.2) is 0 Å². The Morgan fingerprint density at radius 3 is 2.09 bits per heavy atom. The number of nitrogens with one attached hydrogen (secondary N) is 1. The average Bonchev–Trinajstić information content (AvgIpc) is 2.10. The van der Waals surface area contributed by atoms with Crippen LogP contribution in [0.25, 0.3) is 0 Å². The molecule has 0 aromatic rings. The molecule has 0 aromatic heterocycles. The van der Waals surface area contributed by atoms with Gasteiger partial charge in [-0.15, -0.1) is 0 Å². The van der Waals surface area contributed by atoms with Crippen molar-refractivity contribution in [2.24, 2.45) is 0 Å². The minimum absolute atomic E-state index is 0.889. The zero-order valence-corrected chi connectivity index (χ0v) is 7.60. The van der Waals surface area contributed by atoms with Crippen LogP contribution in [0.3, 0.4) is 0 Å². The van der Waals surface area contributed by atoms with Crippen LogP contribution < -0.4 is 5.32 Å². The highest BCUT2D eigenvalue weighted by Gasteiger charge is 1.92. The third kappa shape index (κ3) is 9.66. The second-order valence-electron chi connectivity index (χ2n) is 2.34. The summed E-state index contributed by atoms with van der Waals surface area (Å²) in [5.74, 6) is 0. The maximum atomic E-state index is 5.01. The Morgan fingerprint density at radius 2 is 2.00 bits per heavy atom. The van der Waals surface area contributed by atoms with Gasteiger partial charge in [0.2, 0.25) is 0 Å². The molecule has 1 aliphatic heterocycles. The Bertz CT molecular complexity index is 76.1. The summed E-state index contributed by atoms with van der Waals surface area (Å²) in [5.41, 5.74) is 0. The van der Waals surface area contributed by atoms with E-state index in [0.29, 0.717) is 0 Å². The zero-order valence-electron chi connectivity index (χ0n) is 7.60. The Balaban J connectivity index is 0.000000187. The molecule has 0 aliphatic carbocycles. The standard InChI is InChI=1S/C5H10.C4H9NO/c1-3-5-4-2;1-3-6-4-2-5-1/h3,5H,4H2,1-2H3;5H,1-4H2. The van der Waals surface area contributed by atoms with Gasteiger partial charge in [0, 0.05) is 13.1 Å². The molecule has 2 nitrogen and oxygen atoms in total. The van der Waals surface area contributed by atoms with E-state index in [1.165, 1.54) is 0 Å². The lowest BCUT2D eigenvalue weighted by atomic mass is 10.4. The van der Waals surface area contributed by atoms with Gasteiger partial charge in [-0.05, 0) is 13.3 Å². The van der Waals surface area contributed by atoms with Crippen LogP contribution in [0.15, 0.2) is 12.2 Å². The average molecular weight is 157 g/mol. The largest absolute Gasteiger partial charge is 0.379 e. The van der Waals surface area contributed by atoms with Crippen molar-refractivity contribution in [2.45, 2.75) is 20.3 Å². The van der Waals surface area contributed by atoms with Crippen LogP contribution in [0.2, 0.25) is 0 Å². The molecule has 1 N–H and O–H groups in total. The first-order chi connectivity index (χ1) is 5.41. The summed E-state index contributed by atoms with van der Waals surface area (Å²) in [6.07, 6.45) is 5.34. The molecule has 0 radical (unpaired) electrons. The maximum absolute atomic E-state index is 5.01. The molecule has 1 aliphatic rings. The van der Waals surface area contributed by atoms with E-state index in [9.17, 15) is 0 Å². The Morgan fingerprint density at radius 1 is 1.36 bits per heavy atom. The molecule has 0 unspecified atom stereocenters. The maximum Gasteiger partial charge on any atom is 0.0591 e. The van der Waals surface area contributed by atoms with Crippen LogP contribution in [-0.2, 0) is 4.74 Å². The van der Waals surface area contributed by atoms with Gasteiger partial charge in [-0.1, -0.05) is 19.1 Å². The lowest BCUT2D eigenvalue weighted by Crippen LogP contribution is -2.30. The van der Waals surface area contributed by atoms with Gasteiger partial charge in [0.15, 0.2) is 0 Å². The summed E-state index contributed by atoms with van der Waals surface area (Å²) in [7, 11) is 0. The van der Waals surface area contributed by atoms with Crippen molar-refractivity contribution in [3.05, 3.63) is 12.2 Å². The fraction of sp³-hybridized carbons (Fsp3) is 0.778. The molecule has 0 atom stereocenters. The highest BCUT2D eigenvalue weighted by molar-refractivity contribution is 4.73. The normalized spacial score (nSPS) is 17.6. The van der Waals surface area contributed by atoms with E-state index >= 15 is 0 Å². The number of morpholine rings is 1. The first-order valence-corrected chi connectivity index (χ1v) is 4.31. The highest BCUT2D eigenvalue weighted by atomic mass is 16.5. The van der Waals surface area contributed by atoms with E-state index in [1.54, 1.807) is 0 Å². The molecule has 2 heteroatoms. The van der Waals surface area contributed by atoms with Gasteiger partial charge in [0.05, 0.1) is 13.2 Å². The summed E-state index contributed by atoms with van der Waals surface area (Å²) >= 11 is 0. The van der Waals surface area contributed by atoms with Crippen LogP contribution in [0.4, 0.5) is 0 Å². The lowest BCUT2D eigenvalue weighted by molar-refractivity contribution is 0.109. The monoisotopic (exact) mass is 157 g/mol. The second-order valence-corrected chi connectivity index (χ2v) is 2.34. The summed E-state index contributed by atoms with van der Waals surface area (Å²) in [5, 5.41) is 3.16. The SMILES string of the molecule is C1COCCN1.CC=CCC. The summed E-state index contributed by atoms with van der Waals surface area (Å²) < 4.78 is 5.01. The zero-order chi connectivity index (χ0) is 8.36. The van der Waals surface area contributed by atoms with E-state index < -0.39 is 0 Å². The molecular weight excluding hydrogens is 138 g/mol. The van der Waals surface area contributed by atoms with Crippen molar-refractivity contribution in [1.82, 2.24) is 5.32 Å². The molecule has 1 saturated heterocycles. The molecule has 0 saturated carbocycles. The van der Waals surface area contributed by atoms with Crippen molar-refractivity contribution < 1.29 is 4.74 Å². The summed E-state index contributed by atoms with van der Waals surface area (Å²) in [6.45, 7) is 7.99. The molecule has 0 bridgehead atoms. The van der Waals surface area contributed by atoms with Crippen molar-refractivity contribution in [1.29, 1.82) is 0 Å². The van der Waals surface area contributed by atoms with Gasteiger partial charge in [-0.3, -0.25) is 0 Å². The predicted molar refractivity (Wildman–Crippen MR) is 48.8 cm³/mol. The van der Waals surface area contributed by atoms with Crippen LogP contribution in [0.1, 0.15) is 20.3 Å². The van der Waals surface area contributed by atoms with Crippen LogP contribution >= 0.6 is 0 Å². The predicted octanol–water partition coefficient (Wildman–Crippen LogP) is 1.58. The number of hydrogen-bond acceptors (Lipinski definition) is 2. The number of allylic oxidation sites excluding steroid dienone is 2. The number of hydrogen-bond donors (Lipinski definition) is 1.